The second-order valence-electron chi connectivity index (χ2n) is 9.76. The molecule has 1 saturated heterocycles. The van der Waals surface area contributed by atoms with Gasteiger partial charge in [-0.05, 0) is 56.2 Å². The Morgan fingerprint density at radius 1 is 1.26 bits per heavy atom. The molecular weight excluding hydrogens is 525 g/mol. The molecule has 1 aliphatic carbocycles. The molecule has 1 atom stereocenters. The molecule has 1 fully saturated rings. The number of hydrogen-bond donors (Lipinski definition) is 2. The van der Waals surface area contributed by atoms with Gasteiger partial charge in [0, 0.05) is 45.7 Å². The Morgan fingerprint density at radius 2 is 1.95 bits per heavy atom. The van der Waals surface area contributed by atoms with E-state index in [9.17, 15) is 27.9 Å². The number of rotatable bonds is 9. The van der Waals surface area contributed by atoms with E-state index in [-0.39, 0.29) is 29.8 Å². The van der Waals surface area contributed by atoms with Gasteiger partial charge in [-0.2, -0.15) is 13.2 Å². The average molecular weight is 559 g/mol. The molecule has 2 heterocycles. The van der Waals surface area contributed by atoms with Crippen LogP contribution in [0.25, 0.3) is 0 Å². The number of piperidine rings is 1. The molecular formula is C26H34ClF3N4O4. The lowest BCUT2D eigenvalue weighted by molar-refractivity contribution is -0.237. The fourth-order valence-corrected chi connectivity index (χ4v) is 4.91. The van der Waals surface area contributed by atoms with E-state index in [2.05, 4.69) is 15.2 Å². The Morgan fingerprint density at radius 3 is 2.53 bits per heavy atom. The standard InChI is InChI=1S/C26H34ClF3N4O4/c1-33(2)23(35)20-9-10-21(32-22(20)27)34-14-11-17(12-15-34)6-5-13-31-24(36)25(37,26(28,29)30)18-7-4-8-19(16-18)38-3/h7,9-10,16-17,37H,4-6,8,11-15H2,1-3H3,(H,31,36). The van der Waals surface area contributed by atoms with Crippen LogP contribution < -0.4 is 10.2 Å². The summed E-state index contributed by atoms with van der Waals surface area (Å²) in [6.45, 7) is 1.46. The number of amides is 2. The van der Waals surface area contributed by atoms with E-state index in [0.717, 1.165) is 38.4 Å². The molecule has 38 heavy (non-hydrogen) atoms. The van der Waals surface area contributed by atoms with Gasteiger partial charge in [-0.1, -0.05) is 17.7 Å². The Hall–Kier alpha value is -2.79. The SMILES string of the molecule is COC1=CC(C(O)(C(=O)NCCCC2CCN(c3ccc(C(=O)N(C)C)c(Cl)n3)CC2)C(F)(F)F)=CCC1. The third-order valence-corrected chi connectivity index (χ3v) is 7.26. The zero-order valence-corrected chi connectivity index (χ0v) is 22.5. The first-order chi connectivity index (χ1) is 17.9. The van der Waals surface area contributed by atoms with Gasteiger partial charge in [-0.3, -0.25) is 9.59 Å². The van der Waals surface area contributed by atoms with Crippen molar-refractivity contribution >= 4 is 29.2 Å². The highest BCUT2D eigenvalue weighted by Crippen LogP contribution is 2.39. The average Bonchev–Trinajstić information content (AvgIpc) is 2.89. The maximum absolute atomic E-state index is 13.8. The van der Waals surface area contributed by atoms with E-state index in [1.807, 2.05) is 0 Å². The monoisotopic (exact) mass is 558 g/mol. The third kappa shape index (κ3) is 6.61. The number of ether oxygens (including phenoxy) is 1. The van der Waals surface area contributed by atoms with Gasteiger partial charge in [0.2, 0.25) is 0 Å². The van der Waals surface area contributed by atoms with Crippen LogP contribution in [0, 0.1) is 5.92 Å². The first-order valence-corrected chi connectivity index (χ1v) is 12.9. The van der Waals surface area contributed by atoms with Crippen LogP contribution in [-0.2, 0) is 9.53 Å². The number of aliphatic hydroxyl groups is 1. The van der Waals surface area contributed by atoms with Gasteiger partial charge in [0.1, 0.15) is 11.0 Å². The zero-order chi connectivity index (χ0) is 28.1. The summed E-state index contributed by atoms with van der Waals surface area (Å²) in [5.41, 5.74) is -3.82. The maximum Gasteiger partial charge on any atom is 0.430 e. The molecule has 2 N–H and O–H groups in total. The molecule has 0 spiro atoms. The van der Waals surface area contributed by atoms with Gasteiger partial charge in [-0.25, -0.2) is 4.98 Å². The number of anilines is 1. The molecule has 0 saturated carbocycles. The van der Waals surface area contributed by atoms with E-state index in [4.69, 9.17) is 16.3 Å². The molecule has 0 aromatic carbocycles. The molecule has 210 valence electrons. The zero-order valence-electron chi connectivity index (χ0n) is 21.8. The van der Waals surface area contributed by atoms with Crippen molar-refractivity contribution in [3.63, 3.8) is 0 Å². The van der Waals surface area contributed by atoms with Gasteiger partial charge in [-0.15, -0.1) is 0 Å². The highest BCUT2D eigenvalue weighted by Gasteiger charge is 2.61. The summed E-state index contributed by atoms with van der Waals surface area (Å²) < 4.78 is 46.5. The van der Waals surface area contributed by atoms with Gasteiger partial charge in [0.15, 0.2) is 0 Å². The number of carbonyl (C=O) groups excluding carboxylic acids is 2. The maximum atomic E-state index is 13.8. The van der Waals surface area contributed by atoms with Crippen LogP contribution >= 0.6 is 11.6 Å². The molecule has 2 amide bonds. The Kier molecular flexibility index (Phi) is 9.69. The van der Waals surface area contributed by atoms with Crippen LogP contribution in [0.5, 0.6) is 0 Å². The summed E-state index contributed by atoms with van der Waals surface area (Å²) in [5, 5.41) is 12.9. The van der Waals surface area contributed by atoms with Crippen molar-refractivity contribution in [3.05, 3.63) is 46.3 Å². The Labute approximate surface area is 225 Å². The van der Waals surface area contributed by atoms with Gasteiger partial charge in [0.25, 0.3) is 17.4 Å². The molecule has 0 bridgehead atoms. The second kappa shape index (κ2) is 12.4. The number of aromatic nitrogens is 1. The number of alkyl halides is 3. The summed E-state index contributed by atoms with van der Waals surface area (Å²) in [7, 11) is 4.62. The molecule has 3 rings (SSSR count). The third-order valence-electron chi connectivity index (χ3n) is 6.97. The number of pyridine rings is 1. The van der Waals surface area contributed by atoms with Crippen molar-refractivity contribution in [2.24, 2.45) is 5.92 Å². The van der Waals surface area contributed by atoms with E-state index in [1.165, 1.54) is 18.1 Å². The minimum atomic E-state index is -5.18. The molecule has 1 aliphatic heterocycles. The van der Waals surface area contributed by atoms with E-state index >= 15 is 0 Å². The lowest BCUT2D eigenvalue weighted by Gasteiger charge is -2.33. The van der Waals surface area contributed by atoms with Crippen molar-refractivity contribution in [1.29, 1.82) is 0 Å². The second-order valence-corrected chi connectivity index (χ2v) is 10.1. The van der Waals surface area contributed by atoms with Crippen molar-refractivity contribution < 1.29 is 32.6 Å². The number of nitrogens with zero attached hydrogens (tertiary/aromatic N) is 3. The summed E-state index contributed by atoms with van der Waals surface area (Å²) in [5.74, 6) is -0.410. The predicted molar refractivity (Wildman–Crippen MR) is 138 cm³/mol. The number of methoxy groups -OCH3 is 1. The lowest BCUT2D eigenvalue weighted by Crippen LogP contribution is -2.58. The largest absolute Gasteiger partial charge is 0.501 e. The van der Waals surface area contributed by atoms with Crippen LogP contribution in [0.2, 0.25) is 5.15 Å². The van der Waals surface area contributed by atoms with Crippen LogP contribution in [0.15, 0.2) is 35.6 Å². The molecule has 2 aliphatic rings. The quantitative estimate of drug-likeness (QED) is 0.350. The topological polar surface area (TPSA) is 95.0 Å². The summed E-state index contributed by atoms with van der Waals surface area (Å²) in [6, 6.07) is 3.44. The fraction of sp³-hybridized carbons (Fsp3) is 0.577. The van der Waals surface area contributed by atoms with Gasteiger partial charge < -0.3 is 25.0 Å². The van der Waals surface area contributed by atoms with Crippen molar-refractivity contribution in [2.45, 2.75) is 50.3 Å². The van der Waals surface area contributed by atoms with E-state index < -0.39 is 23.3 Å². The molecule has 12 heteroatoms. The number of hydrogen-bond acceptors (Lipinski definition) is 6. The number of allylic oxidation sites excluding steroid dienone is 2. The fourth-order valence-electron chi connectivity index (χ4n) is 4.68. The molecule has 1 aromatic heterocycles. The van der Waals surface area contributed by atoms with Crippen LogP contribution in [0.3, 0.4) is 0 Å². The van der Waals surface area contributed by atoms with E-state index in [1.54, 1.807) is 26.2 Å². The molecule has 1 aromatic rings. The Bertz CT molecular complexity index is 1080. The number of nitrogens with one attached hydrogen (secondary N) is 1. The van der Waals surface area contributed by atoms with Gasteiger partial charge >= 0.3 is 6.18 Å². The normalized spacial score (nSPS) is 18.3. The van der Waals surface area contributed by atoms with Crippen LogP contribution in [0.4, 0.5) is 19.0 Å². The molecule has 8 nitrogen and oxygen atoms in total. The highest BCUT2D eigenvalue weighted by atomic mass is 35.5. The van der Waals surface area contributed by atoms with Crippen molar-refractivity contribution in [3.8, 4) is 0 Å². The van der Waals surface area contributed by atoms with Gasteiger partial charge in [0.05, 0.1) is 18.4 Å². The molecule has 1 unspecified atom stereocenters. The first kappa shape index (κ1) is 29.8. The summed E-state index contributed by atoms with van der Waals surface area (Å²) >= 11 is 6.23. The summed E-state index contributed by atoms with van der Waals surface area (Å²) in [4.78, 5) is 32.6. The predicted octanol–water partition coefficient (Wildman–Crippen LogP) is 4.09. The lowest BCUT2D eigenvalue weighted by atomic mass is 9.87. The minimum absolute atomic E-state index is 0.0180. The highest BCUT2D eigenvalue weighted by molar-refractivity contribution is 6.32. The van der Waals surface area contributed by atoms with Crippen LogP contribution in [0.1, 0.15) is 48.9 Å². The Balaban J connectivity index is 1.49. The van der Waals surface area contributed by atoms with Crippen LogP contribution in [-0.4, -0.2) is 79.4 Å². The van der Waals surface area contributed by atoms with E-state index in [0.29, 0.717) is 30.1 Å². The number of carbonyl (C=O) groups is 2. The van der Waals surface area contributed by atoms with Crippen molar-refractivity contribution in [1.82, 2.24) is 15.2 Å². The first-order valence-electron chi connectivity index (χ1n) is 12.5. The number of halogens is 4. The smallest absolute Gasteiger partial charge is 0.430 e. The molecule has 0 radical (unpaired) electrons. The summed E-state index contributed by atoms with van der Waals surface area (Å²) in [6.07, 6.45) is 0.646. The van der Waals surface area contributed by atoms with Crippen molar-refractivity contribution in [2.75, 3.05) is 45.7 Å². The minimum Gasteiger partial charge on any atom is -0.501 e.